The molecule has 1 saturated carbocycles. The number of anilines is 1. The summed E-state index contributed by atoms with van der Waals surface area (Å²) in [6.07, 6.45) is 1.79. The van der Waals surface area contributed by atoms with Crippen LogP contribution in [0.15, 0.2) is 41.8 Å². The number of nitrogens with one attached hydrogen (secondary N) is 2. The van der Waals surface area contributed by atoms with Gasteiger partial charge in [-0.05, 0) is 43.3 Å². The Bertz CT molecular complexity index is 803. The van der Waals surface area contributed by atoms with E-state index in [1.807, 2.05) is 53.6 Å². The van der Waals surface area contributed by atoms with Gasteiger partial charge in [-0.1, -0.05) is 23.8 Å². The molecule has 6 heteroatoms. The number of benzene rings is 1. The molecule has 2 atom stereocenters. The van der Waals surface area contributed by atoms with Crippen LogP contribution in [-0.2, 0) is 11.3 Å². The van der Waals surface area contributed by atoms with E-state index in [1.54, 1.807) is 11.3 Å². The summed E-state index contributed by atoms with van der Waals surface area (Å²) in [5.74, 6) is 0.166. The Balaban J connectivity index is 1.29. The molecule has 1 aromatic carbocycles. The zero-order valence-electron chi connectivity index (χ0n) is 14.8. The van der Waals surface area contributed by atoms with Gasteiger partial charge >= 0.3 is 6.03 Å². The van der Waals surface area contributed by atoms with Gasteiger partial charge in [0.15, 0.2) is 0 Å². The van der Waals surface area contributed by atoms with Crippen LogP contribution in [0, 0.1) is 18.3 Å². The Kier molecular flexibility index (Phi) is 4.44. The molecule has 0 unspecified atom stereocenters. The molecule has 1 saturated heterocycles. The van der Waals surface area contributed by atoms with Crippen molar-refractivity contribution in [1.29, 1.82) is 0 Å². The molecular formula is C20H23N3O2S. The first-order chi connectivity index (χ1) is 12.6. The maximum Gasteiger partial charge on any atom is 0.321 e. The molecule has 2 heterocycles. The zero-order chi connectivity index (χ0) is 18.1. The van der Waals surface area contributed by atoms with Gasteiger partial charge in [0.2, 0.25) is 5.91 Å². The van der Waals surface area contributed by atoms with Crippen LogP contribution in [0.3, 0.4) is 0 Å². The smallest absolute Gasteiger partial charge is 0.321 e. The Morgan fingerprint density at radius 3 is 2.81 bits per heavy atom. The van der Waals surface area contributed by atoms with Gasteiger partial charge in [0.25, 0.3) is 0 Å². The Labute approximate surface area is 157 Å². The van der Waals surface area contributed by atoms with Crippen LogP contribution in [-0.4, -0.2) is 29.9 Å². The topological polar surface area (TPSA) is 61.4 Å². The maximum absolute atomic E-state index is 12.5. The third kappa shape index (κ3) is 3.46. The van der Waals surface area contributed by atoms with Crippen LogP contribution in [0.2, 0.25) is 0 Å². The quantitative estimate of drug-likeness (QED) is 0.865. The Morgan fingerprint density at radius 1 is 1.27 bits per heavy atom. The number of amides is 3. The van der Waals surface area contributed by atoms with E-state index in [2.05, 4.69) is 10.6 Å². The number of carbonyl (C=O) groups excluding carboxylic acids is 2. The molecule has 0 bridgehead atoms. The highest BCUT2D eigenvalue weighted by Gasteiger charge is 2.61. The lowest BCUT2D eigenvalue weighted by Gasteiger charge is -2.17. The van der Waals surface area contributed by atoms with Crippen LogP contribution in [0.5, 0.6) is 0 Å². The minimum Gasteiger partial charge on any atom is -0.351 e. The molecule has 1 aromatic heterocycles. The standard InChI is InChI=1S/C20H23N3O2S/c1-14-4-6-15(7-5-14)22-19(25)23-9-8-20(13-23)11-17(20)18(24)21-12-16-3-2-10-26-16/h2-7,10,17H,8-9,11-13H2,1H3,(H,21,24)(H,22,25)/t17-,20-/m1/s1. The van der Waals surface area contributed by atoms with Crippen molar-refractivity contribution in [2.75, 3.05) is 18.4 Å². The molecule has 2 aliphatic rings. The summed E-state index contributed by atoms with van der Waals surface area (Å²) in [6.45, 7) is 4.00. The largest absolute Gasteiger partial charge is 0.351 e. The van der Waals surface area contributed by atoms with Crippen LogP contribution >= 0.6 is 11.3 Å². The van der Waals surface area contributed by atoms with E-state index in [9.17, 15) is 9.59 Å². The average Bonchev–Trinajstić information content (AvgIpc) is 2.99. The summed E-state index contributed by atoms with van der Waals surface area (Å²) in [4.78, 5) is 27.9. The minimum absolute atomic E-state index is 0.00977. The number of hydrogen-bond donors (Lipinski definition) is 2. The monoisotopic (exact) mass is 369 g/mol. The van der Waals surface area contributed by atoms with Crippen molar-refractivity contribution >= 4 is 29.0 Å². The fourth-order valence-electron chi connectivity index (χ4n) is 3.79. The summed E-state index contributed by atoms with van der Waals surface area (Å²) in [6, 6.07) is 11.7. The van der Waals surface area contributed by atoms with Crippen LogP contribution in [0.1, 0.15) is 23.3 Å². The summed E-state index contributed by atoms with van der Waals surface area (Å²) < 4.78 is 0. The third-order valence-corrected chi connectivity index (χ3v) is 6.37. The number of hydrogen-bond acceptors (Lipinski definition) is 3. The second kappa shape index (κ2) is 6.76. The number of thiophene rings is 1. The van der Waals surface area contributed by atoms with Gasteiger partial charge in [-0.2, -0.15) is 0 Å². The van der Waals surface area contributed by atoms with Gasteiger partial charge < -0.3 is 15.5 Å². The van der Waals surface area contributed by atoms with Gasteiger partial charge in [-0.3, -0.25) is 4.79 Å². The van der Waals surface area contributed by atoms with Gasteiger partial charge in [0.05, 0.1) is 6.54 Å². The highest BCUT2D eigenvalue weighted by Crippen LogP contribution is 2.58. The molecule has 2 N–H and O–H groups in total. The number of likely N-dealkylation sites (tertiary alicyclic amines) is 1. The molecule has 1 spiro atoms. The molecule has 3 amide bonds. The summed E-state index contributed by atoms with van der Waals surface area (Å²) >= 11 is 1.65. The number of aryl methyl sites for hydroxylation is 1. The number of rotatable bonds is 4. The SMILES string of the molecule is Cc1ccc(NC(=O)N2CC[C@@]3(C[C@@H]3C(=O)NCc3cccs3)C2)cc1. The fraction of sp³-hybridized carbons (Fsp3) is 0.400. The van der Waals surface area contributed by atoms with Crippen molar-refractivity contribution in [2.24, 2.45) is 11.3 Å². The lowest BCUT2D eigenvalue weighted by Crippen LogP contribution is -2.34. The predicted molar refractivity (Wildman–Crippen MR) is 103 cm³/mol. The molecule has 1 aliphatic heterocycles. The number of nitrogens with zero attached hydrogens (tertiary/aromatic N) is 1. The van der Waals surface area contributed by atoms with Crippen molar-refractivity contribution in [3.63, 3.8) is 0 Å². The molecule has 0 radical (unpaired) electrons. The number of carbonyl (C=O) groups is 2. The Morgan fingerprint density at radius 2 is 2.08 bits per heavy atom. The highest BCUT2D eigenvalue weighted by atomic mass is 32.1. The fourth-order valence-corrected chi connectivity index (χ4v) is 4.43. The second-order valence-electron chi connectivity index (χ2n) is 7.38. The normalized spacial score (nSPS) is 23.9. The van der Waals surface area contributed by atoms with E-state index < -0.39 is 0 Å². The van der Waals surface area contributed by atoms with Crippen molar-refractivity contribution in [3.05, 3.63) is 52.2 Å². The predicted octanol–water partition coefficient (Wildman–Crippen LogP) is 3.62. The lowest BCUT2D eigenvalue weighted by atomic mass is 10.0. The van der Waals surface area contributed by atoms with Gasteiger partial charge in [0, 0.05) is 35.0 Å². The summed E-state index contributed by atoms with van der Waals surface area (Å²) in [5, 5.41) is 8.01. The van der Waals surface area contributed by atoms with Gasteiger partial charge in [-0.25, -0.2) is 4.79 Å². The van der Waals surface area contributed by atoms with Crippen LogP contribution < -0.4 is 10.6 Å². The molecular weight excluding hydrogens is 346 g/mol. The van der Waals surface area contributed by atoms with E-state index >= 15 is 0 Å². The van der Waals surface area contributed by atoms with E-state index in [4.69, 9.17) is 0 Å². The first kappa shape index (κ1) is 17.1. The van der Waals surface area contributed by atoms with Gasteiger partial charge in [0.1, 0.15) is 0 Å². The molecule has 26 heavy (non-hydrogen) atoms. The van der Waals surface area contributed by atoms with Crippen molar-refractivity contribution in [1.82, 2.24) is 10.2 Å². The van der Waals surface area contributed by atoms with Crippen molar-refractivity contribution < 1.29 is 9.59 Å². The summed E-state index contributed by atoms with van der Waals surface area (Å²) in [7, 11) is 0. The molecule has 1 aliphatic carbocycles. The average molecular weight is 369 g/mol. The number of urea groups is 1. The molecule has 4 rings (SSSR count). The first-order valence-electron chi connectivity index (χ1n) is 8.98. The molecule has 5 nitrogen and oxygen atoms in total. The van der Waals surface area contributed by atoms with E-state index in [1.165, 1.54) is 4.88 Å². The Hall–Kier alpha value is -2.34. The molecule has 2 aromatic rings. The van der Waals surface area contributed by atoms with Crippen LogP contribution in [0.4, 0.5) is 10.5 Å². The van der Waals surface area contributed by atoms with E-state index in [-0.39, 0.29) is 23.3 Å². The maximum atomic E-state index is 12.5. The van der Waals surface area contributed by atoms with Crippen molar-refractivity contribution in [3.8, 4) is 0 Å². The molecule has 136 valence electrons. The van der Waals surface area contributed by atoms with Crippen molar-refractivity contribution in [2.45, 2.75) is 26.3 Å². The zero-order valence-corrected chi connectivity index (χ0v) is 15.6. The van der Waals surface area contributed by atoms with Gasteiger partial charge in [-0.15, -0.1) is 11.3 Å². The van der Waals surface area contributed by atoms with E-state index in [0.29, 0.717) is 19.6 Å². The second-order valence-corrected chi connectivity index (χ2v) is 8.42. The first-order valence-corrected chi connectivity index (χ1v) is 9.86. The highest BCUT2D eigenvalue weighted by molar-refractivity contribution is 7.09. The lowest BCUT2D eigenvalue weighted by molar-refractivity contribution is -0.123. The molecule has 2 fully saturated rings. The minimum atomic E-state index is -0.0737. The summed E-state index contributed by atoms with van der Waals surface area (Å²) in [5.41, 5.74) is 1.96. The van der Waals surface area contributed by atoms with E-state index in [0.717, 1.165) is 24.1 Å². The van der Waals surface area contributed by atoms with Crippen LogP contribution in [0.25, 0.3) is 0 Å². The third-order valence-electron chi connectivity index (χ3n) is 5.50.